The van der Waals surface area contributed by atoms with Gasteiger partial charge in [-0.05, 0) is 60.4 Å². The van der Waals surface area contributed by atoms with Gasteiger partial charge in [0.2, 0.25) is 0 Å². The van der Waals surface area contributed by atoms with Gasteiger partial charge in [0.25, 0.3) is 0 Å². The monoisotopic (exact) mass is 290 g/mol. The lowest BCUT2D eigenvalue weighted by Gasteiger charge is -2.17. The van der Waals surface area contributed by atoms with Crippen LogP contribution in [0.15, 0.2) is 24.3 Å². The minimum absolute atomic E-state index is 0.554. The molecular weight excluding hydrogens is 260 g/mol. The van der Waals surface area contributed by atoms with Crippen molar-refractivity contribution in [1.82, 2.24) is 0 Å². The van der Waals surface area contributed by atoms with E-state index in [4.69, 9.17) is 12.2 Å². The molecule has 0 radical (unpaired) electrons. The van der Waals surface area contributed by atoms with Crippen molar-refractivity contribution < 1.29 is 0 Å². The maximum atomic E-state index is 5.35. The van der Waals surface area contributed by atoms with Gasteiger partial charge in [0.1, 0.15) is 0 Å². The van der Waals surface area contributed by atoms with Crippen LogP contribution in [0.1, 0.15) is 76.8 Å². The summed E-state index contributed by atoms with van der Waals surface area (Å²) in [6.45, 7) is 8.87. The zero-order valence-electron chi connectivity index (χ0n) is 13.6. The molecule has 0 aliphatic heterocycles. The van der Waals surface area contributed by atoms with Gasteiger partial charge in [-0.1, -0.05) is 70.1 Å². The Morgan fingerprint density at radius 3 is 1.95 bits per heavy atom. The molecule has 0 heterocycles. The molecule has 1 rings (SSSR count). The summed E-state index contributed by atoms with van der Waals surface area (Å²) in [4.78, 5) is 1.14. The molecule has 0 nitrogen and oxygen atoms in total. The highest BCUT2D eigenvalue weighted by atomic mass is 32.1. The molecule has 0 N–H and O–H groups in total. The Morgan fingerprint density at radius 2 is 1.55 bits per heavy atom. The van der Waals surface area contributed by atoms with E-state index in [1.165, 1.54) is 36.8 Å². The number of hydrogen-bond donors (Lipinski definition) is 0. The molecule has 1 atom stereocenters. The largest absolute Gasteiger partial charge is 0.0897 e. The fourth-order valence-corrected chi connectivity index (χ4v) is 3.21. The molecule has 20 heavy (non-hydrogen) atoms. The van der Waals surface area contributed by atoms with Gasteiger partial charge in [-0.3, -0.25) is 0 Å². The Kier molecular flexibility index (Phi) is 8.06. The normalized spacial score (nSPS) is 12.7. The van der Waals surface area contributed by atoms with E-state index in [0.717, 1.165) is 23.6 Å². The molecule has 0 bridgehead atoms. The molecule has 0 fully saturated rings. The Balaban J connectivity index is 2.73. The first-order valence-corrected chi connectivity index (χ1v) is 8.62. The summed E-state index contributed by atoms with van der Waals surface area (Å²) in [6.07, 6.45) is 7.40. The maximum Gasteiger partial charge on any atom is -0.00631 e. The van der Waals surface area contributed by atoms with Gasteiger partial charge in [0.15, 0.2) is 0 Å². The second-order valence-electron chi connectivity index (χ2n) is 5.94. The summed E-state index contributed by atoms with van der Waals surface area (Å²) in [5.41, 5.74) is 2.95. The third kappa shape index (κ3) is 5.36. The van der Waals surface area contributed by atoms with Crippen molar-refractivity contribution in [2.45, 2.75) is 72.1 Å². The average Bonchev–Trinajstić information content (AvgIpc) is 2.45. The van der Waals surface area contributed by atoms with E-state index >= 15 is 0 Å². The lowest BCUT2D eigenvalue weighted by atomic mass is 9.88. The predicted octanol–water partition coefficient (Wildman–Crippen LogP) is 6.33. The van der Waals surface area contributed by atoms with Crippen LogP contribution in [0.2, 0.25) is 0 Å². The minimum atomic E-state index is 0.554. The van der Waals surface area contributed by atoms with Gasteiger partial charge in [0.05, 0.1) is 0 Å². The maximum absolute atomic E-state index is 5.35. The van der Waals surface area contributed by atoms with Crippen LogP contribution in [0.25, 0.3) is 0 Å². The van der Waals surface area contributed by atoms with Crippen molar-refractivity contribution in [3.05, 3.63) is 35.4 Å². The molecule has 1 aromatic carbocycles. The van der Waals surface area contributed by atoms with Crippen LogP contribution in [-0.2, 0) is 6.42 Å². The van der Waals surface area contributed by atoms with Crippen LogP contribution < -0.4 is 0 Å². The Hall–Kier alpha value is -0.690. The van der Waals surface area contributed by atoms with Gasteiger partial charge in [0, 0.05) is 0 Å². The molecule has 0 spiro atoms. The molecule has 112 valence electrons. The highest BCUT2D eigenvalue weighted by molar-refractivity contribution is 7.80. The van der Waals surface area contributed by atoms with Crippen molar-refractivity contribution in [2.75, 3.05) is 0 Å². The highest BCUT2D eigenvalue weighted by Gasteiger charge is 2.12. The molecule has 0 amide bonds. The molecule has 0 aromatic heterocycles. The topological polar surface area (TPSA) is 0 Å². The van der Waals surface area contributed by atoms with Crippen molar-refractivity contribution >= 4 is 17.1 Å². The average molecular weight is 291 g/mol. The van der Waals surface area contributed by atoms with E-state index in [2.05, 4.69) is 52.0 Å². The lowest BCUT2D eigenvalue weighted by Crippen LogP contribution is -2.11. The van der Waals surface area contributed by atoms with E-state index < -0.39 is 0 Å². The van der Waals surface area contributed by atoms with E-state index in [0.29, 0.717) is 5.92 Å². The predicted molar refractivity (Wildman–Crippen MR) is 94.8 cm³/mol. The first-order chi connectivity index (χ1) is 9.62. The number of thiocarbonyl (C=S) groups is 1. The first kappa shape index (κ1) is 17.4. The quantitative estimate of drug-likeness (QED) is 0.479. The fraction of sp³-hybridized carbons (Fsp3) is 0.632. The Morgan fingerprint density at radius 1 is 1.00 bits per heavy atom. The zero-order chi connectivity index (χ0) is 15.0. The summed E-state index contributed by atoms with van der Waals surface area (Å²) in [5.74, 6) is 1.30. The van der Waals surface area contributed by atoms with E-state index in [1.54, 1.807) is 0 Å². The van der Waals surface area contributed by atoms with Gasteiger partial charge in [-0.2, -0.15) is 0 Å². The van der Waals surface area contributed by atoms with Gasteiger partial charge in [-0.25, -0.2) is 0 Å². The zero-order valence-corrected chi connectivity index (χ0v) is 14.4. The SMILES string of the molecule is CCCC(CCC)c1ccc(CC(CC)C(C)=S)cc1. The van der Waals surface area contributed by atoms with Crippen LogP contribution in [-0.4, -0.2) is 4.86 Å². The Bertz CT molecular complexity index is 385. The second kappa shape index (κ2) is 9.28. The fourth-order valence-electron chi connectivity index (χ4n) is 2.96. The summed E-state index contributed by atoms with van der Waals surface area (Å²) < 4.78 is 0. The van der Waals surface area contributed by atoms with E-state index in [1.807, 2.05) is 0 Å². The number of benzene rings is 1. The van der Waals surface area contributed by atoms with E-state index in [-0.39, 0.29) is 0 Å². The molecule has 1 heteroatoms. The van der Waals surface area contributed by atoms with Crippen molar-refractivity contribution in [3.63, 3.8) is 0 Å². The van der Waals surface area contributed by atoms with Crippen molar-refractivity contribution in [3.8, 4) is 0 Å². The summed E-state index contributed by atoms with van der Waals surface area (Å²) in [5, 5.41) is 0. The number of hydrogen-bond acceptors (Lipinski definition) is 1. The van der Waals surface area contributed by atoms with Crippen LogP contribution >= 0.6 is 12.2 Å². The third-order valence-electron chi connectivity index (χ3n) is 4.28. The highest BCUT2D eigenvalue weighted by Crippen LogP contribution is 2.27. The van der Waals surface area contributed by atoms with Crippen LogP contribution in [0.4, 0.5) is 0 Å². The molecule has 1 unspecified atom stereocenters. The molecule has 1 aromatic rings. The van der Waals surface area contributed by atoms with Gasteiger partial charge >= 0.3 is 0 Å². The van der Waals surface area contributed by atoms with Gasteiger partial charge in [-0.15, -0.1) is 0 Å². The summed E-state index contributed by atoms with van der Waals surface area (Å²) in [6, 6.07) is 9.32. The lowest BCUT2D eigenvalue weighted by molar-refractivity contribution is 0.560. The molecule has 0 saturated carbocycles. The minimum Gasteiger partial charge on any atom is -0.0897 e. The van der Waals surface area contributed by atoms with Crippen LogP contribution in [0.5, 0.6) is 0 Å². The third-order valence-corrected chi connectivity index (χ3v) is 4.61. The molecule has 0 aliphatic carbocycles. The summed E-state index contributed by atoms with van der Waals surface area (Å²) in [7, 11) is 0. The Labute approximate surface area is 131 Å². The van der Waals surface area contributed by atoms with Crippen LogP contribution in [0.3, 0.4) is 0 Å². The van der Waals surface area contributed by atoms with Gasteiger partial charge < -0.3 is 0 Å². The standard InChI is InChI=1S/C19H30S/c1-5-8-18(9-6-2)19-12-10-16(11-13-19)14-17(7-3)15(4)20/h10-13,17-18H,5-9,14H2,1-4H3. The molecule has 0 aliphatic rings. The van der Waals surface area contributed by atoms with E-state index in [9.17, 15) is 0 Å². The second-order valence-corrected chi connectivity index (χ2v) is 6.58. The summed E-state index contributed by atoms with van der Waals surface area (Å²) >= 11 is 5.35. The first-order valence-electron chi connectivity index (χ1n) is 8.21. The molecule has 0 saturated heterocycles. The smallest absolute Gasteiger partial charge is 0.00631 e. The van der Waals surface area contributed by atoms with Crippen LogP contribution in [0, 0.1) is 5.92 Å². The molecular formula is C19H30S. The number of rotatable bonds is 9. The van der Waals surface area contributed by atoms with Crippen molar-refractivity contribution in [2.24, 2.45) is 5.92 Å². The van der Waals surface area contributed by atoms with Crippen molar-refractivity contribution in [1.29, 1.82) is 0 Å².